The van der Waals surface area contributed by atoms with Crippen LogP contribution in [0.4, 0.5) is 0 Å². The molecule has 0 aliphatic heterocycles. The third-order valence-electron chi connectivity index (χ3n) is 7.46. The first-order valence-electron chi connectivity index (χ1n) is 16.3. The summed E-state index contributed by atoms with van der Waals surface area (Å²) in [7, 11) is 4.60. The molecule has 0 saturated carbocycles. The van der Waals surface area contributed by atoms with E-state index in [1.807, 2.05) is 0 Å². The second kappa shape index (κ2) is 30.9. The molecule has 37 heavy (non-hydrogen) atoms. The number of nitrogens with zero attached hydrogens (tertiary/aromatic N) is 1. The predicted molar refractivity (Wildman–Crippen MR) is 160 cm³/mol. The van der Waals surface area contributed by atoms with Crippen LogP contribution < -0.4 is 22.7 Å². The van der Waals surface area contributed by atoms with Crippen LogP contribution in [-0.2, 0) is 9.47 Å². The van der Waals surface area contributed by atoms with Gasteiger partial charge in [0.2, 0.25) is 0 Å². The van der Waals surface area contributed by atoms with E-state index in [1.54, 1.807) is 0 Å². The Morgan fingerprint density at radius 2 is 0.973 bits per heavy atom. The highest BCUT2D eigenvalue weighted by molar-refractivity contribution is 4.58. The standard InChI is InChI=1S/C32H69N2O2.BrH/c1-5-7-9-11-13-15-17-19-21-23-28-35-31-32(30-34(3,4)27-25-26-33)36-29-24-22-20-18-16-14-12-10-8-6-2;/h32H,5-31,33H2,1-4H3;1H/q+1;/p-1/t32-;/m1./s1. The molecule has 0 aromatic carbocycles. The molecule has 0 amide bonds. The molecule has 5 heteroatoms. The van der Waals surface area contributed by atoms with Crippen molar-refractivity contribution >= 4 is 0 Å². The Labute approximate surface area is 244 Å². The minimum Gasteiger partial charge on any atom is -1.00 e. The lowest BCUT2D eigenvalue weighted by atomic mass is 10.1. The van der Waals surface area contributed by atoms with E-state index in [2.05, 4.69) is 27.9 Å². The number of halogens is 1. The Bertz CT molecular complexity index is 424. The van der Waals surface area contributed by atoms with Gasteiger partial charge in [-0.05, 0) is 19.4 Å². The van der Waals surface area contributed by atoms with Gasteiger partial charge in [-0.3, -0.25) is 0 Å². The van der Waals surface area contributed by atoms with Crippen molar-refractivity contribution in [1.82, 2.24) is 0 Å². The van der Waals surface area contributed by atoms with Crippen LogP contribution in [-0.4, -0.2) is 64.1 Å². The van der Waals surface area contributed by atoms with Crippen LogP contribution in [0, 0.1) is 0 Å². The summed E-state index contributed by atoms with van der Waals surface area (Å²) < 4.78 is 13.4. The molecule has 0 aliphatic rings. The zero-order chi connectivity index (χ0) is 26.6. The topological polar surface area (TPSA) is 44.5 Å². The van der Waals surface area contributed by atoms with Crippen LogP contribution in [0.25, 0.3) is 0 Å². The molecular weight excluding hydrogens is 524 g/mol. The smallest absolute Gasteiger partial charge is 0.130 e. The molecule has 0 aromatic heterocycles. The average molecular weight is 594 g/mol. The summed E-state index contributed by atoms with van der Waals surface area (Å²) >= 11 is 0. The largest absolute Gasteiger partial charge is 1.00 e. The van der Waals surface area contributed by atoms with Crippen LogP contribution in [0.15, 0.2) is 0 Å². The van der Waals surface area contributed by atoms with Crippen LogP contribution >= 0.6 is 0 Å². The van der Waals surface area contributed by atoms with Crippen molar-refractivity contribution in [3.63, 3.8) is 0 Å². The highest BCUT2D eigenvalue weighted by Gasteiger charge is 2.22. The van der Waals surface area contributed by atoms with E-state index in [4.69, 9.17) is 15.2 Å². The molecule has 0 unspecified atom stereocenters. The average Bonchev–Trinajstić information content (AvgIpc) is 2.86. The van der Waals surface area contributed by atoms with Gasteiger partial charge in [0.15, 0.2) is 0 Å². The van der Waals surface area contributed by atoms with Gasteiger partial charge in [-0.2, -0.15) is 0 Å². The summed E-state index contributed by atoms with van der Waals surface area (Å²) in [4.78, 5) is 0. The molecular formula is C32H69BrN2O2. The fourth-order valence-corrected chi connectivity index (χ4v) is 5.06. The summed E-state index contributed by atoms with van der Waals surface area (Å²) in [6.45, 7) is 9.95. The molecule has 0 saturated heterocycles. The summed E-state index contributed by atoms with van der Waals surface area (Å²) in [5.74, 6) is 0. The molecule has 0 aromatic rings. The summed E-state index contributed by atoms with van der Waals surface area (Å²) in [5.41, 5.74) is 5.76. The summed E-state index contributed by atoms with van der Waals surface area (Å²) in [6.07, 6.45) is 28.6. The van der Waals surface area contributed by atoms with Crippen molar-refractivity contribution in [3.05, 3.63) is 0 Å². The highest BCUT2D eigenvalue weighted by Crippen LogP contribution is 2.13. The van der Waals surface area contributed by atoms with E-state index < -0.39 is 0 Å². The predicted octanol–water partition coefficient (Wildman–Crippen LogP) is 5.66. The third kappa shape index (κ3) is 30.7. The van der Waals surface area contributed by atoms with Crippen molar-refractivity contribution < 1.29 is 30.9 Å². The second-order valence-corrected chi connectivity index (χ2v) is 11.9. The molecule has 0 aliphatic carbocycles. The van der Waals surface area contributed by atoms with E-state index in [-0.39, 0.29) is 23.1 Å². The lowest BCUT2D eigenvalue weighted by molar-refractivity contribution is -0.893. The number of hydrogen-bond donors (Lipinski definition) is 1. The van der Waals surface area contributed by atoms with Crippen LogP contribution in [0.1, 0.15) is 149 Å². The fraction of sp³-hybridized carbons (Fsp3) is 1.00. The van der Waals surface area contributed by atoms with Gasteiger partial charge in [0.25, 0.3) is 0 Å². The molecule has 226 valence electrons. The molecule has 0 spiro atoms. The van der Waals surface area contributed by atoms with Crippen molar-refractivity contribution in [2.75, 3.05) is 53.6 Å². The Morgan fingerprint density at radius 3 is 1.41 bits per heavy atom. The fourth-order valence-electron chi connectivity index (χ4n) is 5.06. The number of unbranched alkanes of at least 4 members (excludes halogenated alkanes) is 18. The lowest BCUT2D eigenvalue weighted by Crippen LogP contribution is -3.00. The number of hydrogen-bond acceptors (Lipinski definition) is 3. The van der Waals surface area contributed by atoms with Gasteiger partial charge < -0.3 is 36.7 Å². The van der Waals surface area contributed by atoms with E-state index in [0.717, 1.165) is 50.4 Å². The minimum absolute atomic E-state index is 0. The Balaban J connectivity index is 0. The first-order valence-corrected chi connectivity index (χ1v) is 16.3. The maximum Gasteiger partial charge on any atom is 0.130 e. The number of ether oxygens (including phenoxy) is 2. The Hall–Kier alpha value is 0.320. The first kappa shape index (κ1) is 39.5. The zero-order valence-corrected chi connectivity index (χ0v) is 27.5. The maximum atomic E-state index is 6.36. The van der Waals surface area contributed by atoms with Crippen molar-refractivity contribution in [2.45, 2.75) is 155 Å². The SMILES string of the molecule is CCCCCCCCCCCCOC[C@@H](C[N+](C)(C)CCCN)OCCCCCCCCCCCC.[Br-]. The Morgan fingerprint density at radius 1 is 0.568 bits per heavy atom. The van der Waals surface area contributed by atoms with Gasteiger partial charge in [-0.25, -0.2) is 0 Å². The molecule has 0 radical (unpaired) electrons. The highest BCUT2D eigenvalue weighted by atomic mass is 79.9. The molecule has 0 rings (SSSR count). The van der Waals surface area contributed by atoms with Gasteiger partial charge >= 0.3 is 0 Å². The van der Waals surface area contributed by atoms with E-state index >= 15 is 0 Å². The number of quaternary nitrogens is 1. The maximum absolute atomic E-state index is 6.36. The summed E-state index contributed by atoms with van der Waals surface area (Å²) in [6, 6.07) is 0. The molecule has 2 N–H and O–H groups in total. The normalized spacial score (nSPS) is 12.6. The molecule has 1 atom stereocenters. The summed E-state index contributed by atoms with van der Waals surface area (Å²) in [5, 5.41) is 0. The monoisotopic (exact) mass is 592 g/mol. The number of rotatable bonds is 30. The van der Waals surface area contributed by atoms with Crippen molar-refractivity contribution in [3.8, 4) is 0 Å². The number of nitrogens with two attached hydrogens (primary N) is 1. The van der Waals surface area contributed by atoms with Gasteiger partial charge in [0.1, 0.15) is 12.6 Å². The number of likely N-dealkylation sites (N-methyl/N-ethyl adjacent to an activating group) is 1. The van der Waals surface area contributed by atoms with Crippen molar-refractivity contribution in [1.29, 1.82) is 0 Å². The quantitative estimate of drug-likeness (QED) is 0.0864. The molecule has 0 fully saturated rings. The minimum atomic E-state index is 0. The van der Waals surface area contributed by atoms with E-state index in [0.29, 0.717) is 0 Å². The van der Waals surface area contributed by atoms with Gasteiger partial charge in [0, 0.05) is 19.6 Å². The van der Waals surface area contributed by atoms with Crippen LogP contribution in [0.2, 0.25) is 0 Å². The Kier molecular flexibility index (Phi) is 32.9. The second-order valence-electron chi connectivity index (χ2n) is 11.9. The van der Waals surface area contributed by atoms with Crippen LogP contribution in [0.3, 0.4) is 0 Å². The molecule has 0 bridgehead atoms. The zero-order valence-electron chi connectivity index (χ0n) is 25.9. The molecule has 4 nitrogen and oxygen atoms in total. The third-order valence-corrected chi connectivity index (χ3v) is 7.46. The van der Waals surface area contributed by atoms with Crippen molar-refractivity contribution in [2.24, 2.45) is 5.73 Å². The molecule has 0 heterocycles. The van der Waals surface area contributed by atoms with Gasteiger partial charge in [-0.15, -0.1) is 0 Å². The van der Waals surface area contributed by atoms with Gasteiger partial charge in [-0.1, -0.05) is 129 Å². The van der Waals surface area contributed by atoms with E-state index in [9.17, 15) is 0 Å². The first-order chi connectivity index (χ1) is 17.6. The lowest BCUT2D eigenvalue weighted by Gasteiger charge is -2.33. The van der Waals surface area contributed by atoms with Gasteiger partial charge in [0.05, 0.1) is 27.2 Å². The van der Waals surface area contributed by atoms with E-state index in [1.165, 1.54) is 128 Å². The van der Waals surface area contributed by atoms with Crippen LogP contribution in [0.5, 0.6) is 0 Å².